The number of aliphatic hydroxyl groups is 2. The third kappa shape index (κ3) is 2.04. The van der Waals surface area contributed by atoms with Gasteiger partial charge in [0.15, 0.2) is 11.3 Å². The van der Waals surface area contributed by atoms with Crippen LogP contribution in [0, 0.1) is 0 Å². The summed E-state index contributed by atoms with van der Waals surface area (Å²) in [6.07, 6.45) is -3.60. The van der Waals surface area contributed by atoms with E-state index in [1.807, 2.05) is 6.92 Å². The number of rotatable bonds is 2. The van der Waals surface area contributed by atoms with Gasteiger partial charge in [-0.05, 0) is 6.92 Å². The van der Waals surface area contributed by atoms with E-state index < -0.39 is 29.9 Å². The maximum Gasteiger partial charge on any atom is 0.159 e. The quantitative estimate of drug-likeness (QED) is 0.615. The van der Waals surface area contributed by atoms with Crippen molar-refractivity contribution in [2.45, 2.75) is 36.8 Å². The Balaban J connectivity index is 2.10. The number of alkyl halides is 1. The molecule has 2 saturated heterocycles. The van der Waals surface area contributed by atoms with E-state index in [2.05, 4.69) is 10.3 Å². The van der Waals surface area contributed by atoms with Gasteiger partial charge < -0.3 is 20.3 Å². The molecule has 2 heterocycles. The monoisotopic (exact) mass is 250 g/mol. The number of aliphatic hydroxyl groups excluding tert-OH is 2. The van der Waals surface area contributed by atoms with Crippen LogP contribution in [0.4, 0.5) is 4.39 Å². The SMILES string of the molecule is CCN=C1NC2C(OC(CO)C(O)C2F)S1. The van der Waals surface area contributed by atoms with E-state index >= 15 is 0 Å². The molecule has 0 bridgehead atoms. The van der Waals surface area contributed by atoms with E-state index in [0.29, 0.717) is 11.7 Å². The molecule has 0 aromatic rings. The molecule has 5 unspecified atom stereocenters. The highest BCUT2D eigenvalue weighted by molar-refractivity contribution is 8.14. The molecule has 5 atom stereocenters. The molecule has 92 valence electrons. The Labute approximate surface area is 97.1 Å². The predicted molar refractivity (Wildman–Crippen MR) is 59.1 cm³/mol. The Morgan fingerprint density at radius 1 is 1.62 bits per heavy atom. The molecule has 3 N–H and O–H groups in total. The number of halogens is 1. The van der Waals surface area contributed by atoms with Crippen molar-refractivity contribution in [2.75, 3.05) is 13.2 Å². The van der Waals surface area contributed by atoms with Crippen LogP contribution in [0.5, 0.6) is 0 Å². The number of hydrogen-bond acceptors (Lipinski definition) is 5. The van der Waals surface area contributed by atoms with Crippen molar-refractivity contribution in [1.29, 1.82) is 0 Å². The Morgan fingerprint density at radius 2 is 2.38 bits per heavy atom. The zero-order valence-corrected chi connectivity index (χ0v) is 9.65. The van der Waals surface area contributed by atoms with Gasteiger partial charge in [-0.3, -0.25) is 4.99 Å². The molecule has 5 nitrogen and oxygen atoms in total. The fraction of sp³-hybridized carbons (Fsp3) is 0.889. The molecule has 2 aliphatic rings. The van der Waals surface area contributed by atoms with Crippen molar-refractivity contribution in [1.82, 2.24) is 5.32 Å². The second-order valence-electron chi connectivity index (χ2n) is 3.73. The smallest absolute Gasteiger partial charge is 0.159 e. The first-order chi connectivity index (χ1) is 7.67. The fourth-order valence-electron chi connectivity index (χ4n) is 1.82. The highest BCUT2D eigenvalue weighted by atomic mass is 32.2. The number of ether oxygens (including phenoxy) is 1. The maximum absolute atomic E-state index is 13.8. The number of thioether (sulfide) groups is 1. The zero-order chi connectivity index (χ0) is 11.7. The van der Waals surface area contributed by atoms with Crippen LogP contribution in [-0.4, -0.2) is 58.4 Å². The summed E-state index contributed by atoms with van der Waals surface area (Å²) < 4.78 is 19.2. The lowest BCUT2D eigenvalue weighted by atomic mass is 10.00. The zero-order valence-electron chi connectivity index (χ0n) is 8.84. The molecule has 0 aliphatic carbocycles. The van der Waals surface area contributed by atoms with Gasteiger partial charge >= 0.3 is 0 Å². The minimum absolute atomic E-state index is 0.383. The van der Waals surface area contributed by atoms with Crippen LogP contribution >= 0.6 is 11.8 Å². The summed E-state index contributed by atoms with van der Waals surface area (Å²) >= 11 is 1.30. The lowest BCUT2D eigenvalue weighted by Gasteiger charge is -2.36. The van der Waals surface area contributed by atoms with Crippen LogP contribution in [0.25, 0.3) is 0 Å². The van der Waals surface area contributed by atoms with Crippen molar-refractivity contribution in [3.8, 4) is 0 Å². The average Bonchev–Trinajstić information content (AvgIpc) is 2.67. The van der Waals surface area contributed by atoms with E-state index in [-0.39, 0.29) is 6.61 Å². The Hall–Kier alpha value is -0.370. The lowest BCUT2D eigenvalue weighted by molar-refractivity contribution is -0.147. The maximum atomic E-state index is 13.8. The largest absolute Gasteiger partial charge is 0.394 e. The van der Waals surface area contributed by atoms with E-state index in [9.17, 15) is 9.50 Å². The molecular weight excluding hydrogens is 235 g/mol. The topological polar surface area (TPSA) is 74.1 Å². The van der Waals surface area contributed by atoms with Gasteiger partial charge in [0.2, 0.25) is 0 Å². The van der Waals surface area contributed by atoms with Crippen LogP contribution in [0.15, 0.2) is 4.99 Å². The van der Waals surface area contributed by atoms with E-state index in [1.165, 1.54) is 11.8 Å². The first-order valence-electron chi connectivity index (χ1n) is 5.23. The Kier molecular flexibility index (Phi) is 3.68. The van der Waals surface area contributed by atoms with Crippen molar-refractivity contribution in [3.63, 3.8) is 0 Å². The minimum atomic E-state index is -1.45. The van der Waals surface area contributed by atoms with Crippen molar-refractivity contribution < 1.29 is 19.3 Å². The first-order valence-corrected chi connectivity index (χ1v) is 6.11. The van der Waals surface area contributed by atoms with E-state index in [4.69, 9.17) is 9.84 Å². The van der Waals surface area contributed by atoms with Crippen LogP contribution < -0.4 is 5.32 Å². The molecule has 0 spiro atoms. The summed E-state index contributed by atoms with van der Waals surface area (Å²) in [6.45, 7) is 2.11. The Bertz CT molecular complexity index is 292. The first kappa shape index (κ1) is 12.1. The Morgan fingerprint density at radius 3 is 3.00 bits per heavy atom. The lowest BCUT2D eigenvalue weighted by Crippen LogP contribution is -2.57. The van der Waals surface area contributed by atoms with Gasteiger partial charge in [0, 0.05) is 6.54 Å². The van der Waals surface area contributed by atoms with Gasteiger partial charge in [-0.2, -0.15) is 0 Å². The molecule has 16 heavy (non-hydrogen) atoms. The summed E-state index contributed by atoms with van der Waals surface area (Å²) in [5.41, 5.74) is -0.430. The molecule has 0 aromatic carbocycles. The third-order valence-corrected chi connectivity index (χ3v) is 3.76. The molecule has 2 rings (SSSR count). The van der Waals surface area contributed by atoms with Gasteiger partial charge in [-0.1, -0.05) is 11.8 Å². The third-order valence-electron chi connectivity index (χ3n) is 2.65. The predicted octanol–water partition coefficient (Wildman–Crippen LogP) is -0.516. The van der Waals surface area contributed by atoms with E-state index in [0.717, 1.165) is 0 Å². The van der Waals surface area contributed by atoms with Gasteiger partial charge in [-0.25, -0.2) is 4.39 Å². The molecule has 7 heteroatoms. The highest BCUT2D eigenvalue weighted by Crippen LogP contribution is 2.34. The van der Waals surface area contributed by atoms with Gasteiger partial charge in [0.25, 0.3) is 0 Å². The standard InChI is InChI=1S/C9H15FN2O3S/c1-2-11-9-12-6-5(10)7(14)4(3-13)15-8(6)16-9/h4-8,13-14H,2-3H2,1H3,(H,11,12). The van der Waals surface area contributed by atoms with Crippen LogP contribution in [0.3, 0.4) is 0 Å². The van der Waals surface area contributed by atoms with Crippen molar-refractivity contribution in [2.24, 2.45) is 4.99 Å². The summed E-state index contributed by atoms with van der Waals surface area (Å²) in [6, 6.07) is -0.590. The molecule has 0 radical (unpaired) electrons. The van der Waals surface area contributed by atoms with Crippen molar-refractivity contribution in [3.05, 3.63) is 0 Å². The van der Waals surface area contributed by atoms with Crippen LogP contribution in [0.2, 0.25) is 0 Å². The molecule has 0 saturated carbocycles. The number of fused-ring (bicyclic) bond motifs is 1. The molecule has 2 aliphatic heterocycles. The minimum Gasteiger partial charge on any atom is -0.394 e. The molecule has 2 fully saturated rings. The average molecular weight is 250 g/mol. The normalized spacial score (nSPS) is 45.5. The molecule has 0 aromatic heterocycles. The number of nitrogens with zero attached hydrogens (tertiary/aromatic N) is 1. The second kappa shape index (κ2) is 4.87. The van der Waals surface area contributed by atoms with Crippen LogP contribution in [0.1, 0.15) is 6.92 Å². The second-order valence-corrected chi connectivity index (χ2v) is 4.82. The van der Waals surface area contributed by atoms with Crippen molar-refractivity contribution >= 4 is 16.9 Å². The molecular formula is C9H15FN2O3S. The number of amidine groups is 1. The summed E-state index contributed by atoms with van der Waals surface area (Å²) in [5, 5.41) is 22.0. The van der Waals surface area contributed by atoms with Crippen LogP contribution in [-0.2, 0) is 4.74 Å². The molecule has 0 amide bonds. The summed E-state index contributed by atoms with van der Waals surface area (Å²) in [4.78, 5) is 4.14. The summed E-state index contributed by atoms with van der Waals surface area (Å²) in [5.74, 6) is 0. The van der Waals surface area contributed by atoms with Gasteiger partial charge in [-0.15, -0.1) is 0 Å². The number of aliphatic imine (C=N–C) groups is 1. The highest BCUT2D eigenvalue weighted by Gasteiger charge is 2.49. The fourth-order valence-corrected chi connectivity index (χ4v) is 3.01. The summed E-state index contributed by atoms with van der Waals surface area (Å²) in [7, 11) is 0. The van der Waals surface area contributed by atoms with Gasteiger partial charge in [0.05, 0.1) is 12.6 Å². The number of hydrogen-bond donors (Lipinski definition) is 3. The van der Waals surface area contributed by atoms with Gasteiger partial charge in [0.1, 0.15) is 17.6 Å². The number of nitrogens with one attached hydrogen (secondary N) is 1. The van der Waals surface area contributed by atoms with E-state index in [1.54, 1.807) is 0 Å².